The normalized spacial score (nSPS) is 31.5. The Morgan fingerprint density at radius 3 is 2.67 bits per heavy atom. The van der Waals surface area contributed by atoms with Crippen LogP contribution in [0.5, 0.6) is 0 Å². The molecule has 1 aliphatic heterocycles. The first-order valence-corrected chi connectivity index (χ1v) is 7.59. The molecule has 1 saturated heterocycles. The van der Waals surface area contributed by atoms with Gasteiger partial charge in [-0.05, 0) is 19.9 Å². The summed E-state index contributed by atoms with van der Waals surface area (Å²) >= 11 is 0. The third-order valence-electron chi connectivity index (χ3n) is 4.49. The largest absolute Gasteiger partial charge is 0.391 e. The Hall–Kier alpha value is -0.160. The van der Waals surface area contributed by atoms with Gasteiger partial charge in [0.2, 0.25) is 0 Å². The minimum Gasteiger partial charge on any atom is -0.391 e. The van der Waals surface area contributed by atoms with Gasteiger partial charge in [-0.3, -0.25) is 9.80 Å². The van der Waals surface area contributed by atoms with E-state index in [9.17, 15) is 5.11 Å². The van der Waals surface area contributed by atoms with E-state index in [1.807, 2.05) is 0 Å². The zero-order valence-electron chi connectivity index (χ0n) is 11.8. The van der Waals surface area contributed by atoms with Gasteiger partial charge in [0.15, 0.2) is 0 Å². The highest BCUT2D eigenvalue weighted by Gasteiger charge is 2.25. The lowest BCUT2D eigenvalue weighted by molar-refractivity contribution is 0.0520. The van der Waals surface area contributed by atoms with Crippen molar-refractivity contribution in [3.8, 4) is 0 Å². The lowest BCUT2D eigenvalue weighted by atomic mass is 10.0. The van der Waals surface area contributed by atoms with Gasteiger partial charge in [0.1, 0.15) is 0 Å². The number of aliphatic hydroxyl groups is 1. The highest BCUT2D eigenvalue weighted by molar-refractivity contribution is 4.81. The number of nitrogens with zero attached hydrogens (tertiary/aromatic N) is 2. The van der Waals surface area contributed by atoms with Crippen LogP contribution in [0, 0.1) is 0 Å². The number of aliphatic hydroxyl groups excluding tert-OH is 1. The van der Waals surface area contributed by atoms with Crippen molar-refractivity contribution in [3.05, 3.63) is 0 Å². The summed E-state index contributed by atoms with van der Waals surface area (Å²) in [5.41, 5.74) is 0. The molecule has 2 rings (SSSR count). The van der Waals surface area contributed by atoms with Crippen molar-refractivity contribution in [2.75, 3.05) is 46.3 Å². The van der Waals surface area contributed by atoms with Crippen LogP contribution in [-0.2, 0) is 0 Å². The summed E-state index contributed by atoms with van der Waals surface area (Å²) in [6, 6.07) is 0.385. The molecule has 2 N–H and O–H groups in total. The van der Waals surface area contributed by atoms with E-state index in [-0.39, 0.29) is 6.10 Å². The number of hydrogen-bond acceptors (Lipinski definition) is 4. The molecule has 0 bridgehead atoms. The number of hydrogen-bond donors (Lipinski definition) is 2. The second-order valence-electron chi connectivity index (χ2n) is 5.84. The van der Waals surface area contributed by atoms with E-state index >= 15 is 0 Å². The molecular formula is C14H29N3O. The monoisotopic (exact) mass is 255 g/mol. The van der Waals surface area contributed by atoms with Crippen molar-refractivity contribution in [2.24, 2.45) is 0 Å². The topological polar surface area (TPSA) is 38.7 Å². The maximum absolute atomic E-state index is 10.2. The lowest BCUT2D eigenvalue weighted by Gasteiger charge is -2.34. The van der Waals surface area contributed by atoms with Gasteiger partial charge in [-0.25, -0.2) is 0 Å². The zero-order valence-corrected chi connectivity index (χ0v) is 11.8. The fourth-order valence-corrected chi connectivity index (χ4v) is 3.18. The molecule has 4 heteroatoms. The number of piperazine rings is 1. The van der Waals surface area contributed by atoms with Crippen LogP contribution in [0.4, 0.5) is 0 Å². The Bertz CT molecular complexity index is 231. The number of nitrogens with one attached hydrogen (secondary N) is 1. The minimum atomic E-state index is -0.111. The van der Waals surface area contributed by atoms with Crippen molar-refractivity contribution in [2.45, 2.75) is 44.2 Å². The minimum absolute atomic E-state index is 0.111. The van der Waals surface area contributed by atoms with Gasteiger partial charge in [-0.1, -0.05) is 19.3 Å². The van der Waals surface area contributed by atoms with E-state index in [2.05, 4.69) is 22.2 Å². The molecule has 106 valence electrons. The smallest absolute Gasteiger partial charge is 0.0695 e. The van der Waals surface area contributed by atoms with Crippen molar-refractivity contribution >= 4 is 0 Å². The molecule has 0 aromatic carbocycles. The van der Waals surface area contributed by atoms with E-state index in [1.54, 1.807) is 0 Å². The van der Waals surface area contributed by atoms with Crippen molar-refractivity contribution in [3.63, 3.8) is 0 Å². The maximum Gasteiger partial charge on any atom is 0.0695 e. The third-order valence-corrected chi connectivity index (χ3v) is 4.49. The molecule has 1 aliphatic carbocycles. The molecule has 0 amide bonds. The summed E-state index contributed by atoms with van der Waals surface area (Å²) in [5.74, 6) is 0. The Labute approximate surface area is 111 Å². The van der Waals surface area contributed by atoms with Gasteiger partial charge in [-0.15, -0.1) is 0 Å². The summed E-state index contributed by atoms with van der Waals surface area (Å²) in [5, 5.41) is 13.6. The van der Waals surface area contributed by atoms with Gasteiger partial charge in [0.25, 0.3) is 0 Å². The lowest BCUT2D eigenvalue weighted by Crippen LogP contribution is -2.48. The van der Waals surface area contributed by atoms with Gasteiger partial charge in [0.05, 0.1) is 6.10 Å². The van der Waals surface area contributed by atoms with E-state index < -0.39 is 0 Å². The second-order valence-corrected chi connectivity index (χ2v) is 5.84. The van der Waals surface area contributed by atoms with Crippen LogP contribution < -0.4 is 5.32 Å². The SMILES string of the molecule is CN(CCN1CCNCC1)C1CCCCCC1O. The van der Waals surface area contributed by atoms with E-state index in [0.29, 0.717) is 6.04 Å². The first kappa shape index (κ1) is 14.3. The Morgan fingerprint density at radius 2 is 1.89 bits per heavy atom. The third kappa shape index (κ3) is 4.19. The fraction of sp³-hybridized carbons (Fsp3) is 1.00. The second kappa shape index (κ2) is 7.43. The molecule has 0 spiro atoms. The molecule has 2 unspecified atom stereocenters. The van der Waals surface area contributed by atoms with Crippen molar-refractivity contribution < 1.29 is 5.11 Å². The van der Waals surface area contributed by atoms with E-state index in [1.165, 1.54) is 38.8 Å². The van der Waals surface area contributed by atoms with Gasteiger partial charge in [0, 0.05) is 45.3 Å². The molecule has 18 heavy (non-hydrogen) atoms. The van der Waals surface area contributed by atoms with E-state index in [4.69, 9.17) is 0 Å². The standard InChI is InChI=1S/C14H29N3O/c1-16(11-12-17-9-7-15-8-10-17)13-5-3-2-4-6-14(13)18/h13-15,18H,2-12H2,1H3. The Kier molecular flexibility index (Phi) is 5.89. The van der Waals surface area contributed by atoms with Gasteiger partial charge in [-0.2, -0.15) is 0 Å². The van der Waals surface area contributed by atoms with E-state index in [0.717, 1.165) is 32.6 Å². The molecular weight excluding hydrogens is 226 g/mol. The summed E-state index contributed by atoms with van der Waals surface area (Å²) in [4.78, 5) is 4.91. The predicted molar refractivity (Wildman–Crippen MR) is 74.8 cm³/mol. The van der Waals surface area contributed by atoms with Gasteiger partial charge < -0.3 is 10.4 Å². The molecule has 0 aromatic rings. The summed E-state index contributed by atoms with van der Waals surface area (Å²) in [6.45, 7) is 6.80. The average molecular weight is 255 g/mol. The molecule has 2 aliphatic rings. The summed E-state index contributed by atoms with van der Waals surface area (Å²) < 4.78 is 0. The maximum atomic E-state index is 10.2. The van der Waals surface area contributed by atoms with Crippen molar-refractivity contribution in [1.29, 1.82) is 0 Å². The molecule has 1 heterocycles. The van der Waals surface area contributed by atoms with Crippen LogP contribution in [0.15, 0.2) is 0 Å². The molecule has 4 nitrogen and oxygen atoms in total. The highest BCUT2D eigenvalue weighted by Crippen LogP contribution is 2.21. The van der Waals surface area contributed by atoms with Crippen LogP contribution in [0.2, 0.25) is 0 Å². The summed E-state index contributed by atoms with van der Waals surface area (Å²) in [6.07, 6.45) is 5.81. The molecule has 0 aromatic heterocycles. The first-order valence-electron chi connectivity index (χ1n) is 7.59. The molecule has 2 fully saturated rings. The Morgan fingerprint density at radius 1 is 1.17 bits per heavy atom. The van der Waals surface area contributed by atoms with Crippen LogP contribution in [0.3, 0.4) is 0 Å². The molecule has 2 atom stereocenters. The predicted octanol–water partition coefficient (Wildman–Crippen LogP) is 0.517. The Balaban J connectivity index is 1.73. The zero-order chi connectivity index (χ0) is 12.8. The van der Waals surface area contributed by atoms with Crippen LogP contribution in [-0.4, -0.2) is 73.4 Å². The number of likely N-dealkylation sites (N-methyl/N-ethyl adjacent to an activating group) is 1. The number of rotatable bonds is 4. The van der Waals surface area contributed by atoms with Crippen LogP contribution >= 0.6 is 0 Å². The quantitative estimate of drug-likeness (QED) is 0.718. The molecule has 1 saturated carbocycles. The first-order chi connectivity index (χ1) is 8.77. The fourth-order valence-electron chi connectivity index (χ4n) is 3.18. The van der Waals surface area contributed by atoms with Gasteiger partial charge >= 0.3 is 0 Å². The van der Waals surface area contributed by atoms with Crippen LogP contribution in [0.1, 0.15) is 32.1 Å². The highest BCUT2D eigenvalue weighted by atomic mass is 16.3. The molecule has 0 radical (unpaired) electrons. The van der Waals surface area contributed by atoms with Crippen molar-refractivity contribution in [1.82, 2.24) is 15.1 Å². The average Bonchev–Trinajstić information content (AvgIpc) is 2.62. The summed E-state index contributed by atoms with van der Waals surface area (Å²) in [7, 11) is 2.18. The van der Waals surface area contributed by atoms with Crippen LogP contribution in [0.25, 0.3) is 0 Å².